The summed E-state index contributed by atoms with van der Waals surface area (Å²) in [6, 6.07) is 10.4. The standard InChI is InChI=1S/C15H23N3O/c1-2-13(16)12-15(19)18-10-8-17(9-11-18)14-6-4-3-5-7-14/h3-7,13H,2,8-12,16H2,1H3. The van der Waals surface area contributed by atoms with Gasteiger partial charge < -0.3 is 15.5 Å². The largest absolute Gasteiger partial charge is 0.368 e. The van der Waals surface area contributed by atoms with E-state index in [4.69, 9.17) is 5.73 Å². The second kappa shape index (κ2) is 6.57. The molecule has 0 bridgehead atoms. The van der Waals surface area contributed by atoms with Crippen molar-refractivity contribution < 1.29 is 4.79 Å². The van der Waals surface area contributed by atoms with Gasteiger partial charge in [-0.1, -0.05) is 25.1 Å². The van der Waals surface area contributed by atoms with Crippen LogP contribution in [0, 0.1) is 0 Å². The number of carbonyl (C=O) groups is 1. The molecule has 1 saturated heterocycles. The highest BCUT2D eigenvalue weighted by Gasteiger charge is 2.22. The van der Waals surface area contributed by atoms with Crippen molar-refractivity contribution in [2.24, 2.45) is 5.73 Å². The number of benzene rings is 1. The fourth-order valence-electron chi connectivity index (χ4n) is 2.35. The Morgan fingerprint density at radius 2 is 1.84 bits per heavy atom. The molecular weight excluding hydrogens is 238 g/mol. The monoisotopic (exact) mass is 261 g/mol. The summed E-state index contributed by atoms with van der Waals surface area (Å²) < 4.78 is 0. The van der Waals surface area contributed by atoms with E-state index in [1.165, 1.54) is 5.69 Å². The Bertz CT molecular complexity index is 399. The number of hydrogen-bond donors (Lipinski definition) is 1. The molecule has 0 aliphatic carbocycles. The van der Waals surface area contributed by atoms with E-state index in [1.807, 2.05) is 30.0 Å². The first-order chi connectivity index (χ1) is 9.20. The first-order valence-corrected chi connectivity index (χ1v) is 7.04. The van der Waals surface area contributed by atoms with Gasteiger partial charge in [0.05, 0.1) is 0 Å². The summed E-state index contributed by atoms with van der Waals surface area (Å²) >= 11 is 0. The molecule has 1 fully saturated rings. The maximum Gasteiger partial charge on any atom is 0.224 e. The Hall–Kier alpha value is -1.55. The molecule has 0 saturated carbocycles. The number of amides is 1. The fourth-order valence-corrected chi connectivity index (χ4v) is 2.35. The summed E-state index contributed by atoms with van der Waals surface area (Å²) in [5, 5.41) is 0. The van der Waals surface area contributed by atoms with Gasteiger partial charge in [0, 0.05) is 44.3 Å². The number of piperazine rings is 1. The first kappa shape index (κ1) is 13.9. The molecule has 1 aliphatic rings. The molecule has 1 atom stereocenters. The van der Waals surface area contributed by atoms with E-state index in [0.717, 1.165) is 32.6 Å². The molecule has 0 spiro atoms. The molecule has 0 aromatic heterocycles. The SMILES string of the molecule is CCC(N)CC(=O)N1CCN(c2ccccc2)CC1. The van der Waals surface area contributed by atoms with Gasteiger partial charge in [-0.25, -0.2) is 0 Å². The number of nitrogens with two attached hydrogens (primary N) is 1. The average molecular weight is 261 g/mol. The van der Waals surface area contributed by atoms with Gasteiger partial charge in [0.25, 0.3) is 0 Å². The van der Waals surface area contributed by atoms with Crippen molar-refractivity contribution in [2.75, 3.05) is 31.1 Å². The molecule has 1 amide bonds. The lowest BCUT2D eigenvalue weighted by molar-refractivity contribution is -0.131. The van der Waals surface area contributed by atoms with Crippen LogP contribution in [-0.4, -0.2) is 43.0 Å². The van der Waals surface area contributed by atoms with Crippen LogP contribution in [0.4, 0.5) is 5.69 Å². The Morgan fingerprint density at radius 3 is 2.42 bits per heavy atom. The number of hydrogen-bond acceptors (Lipinski definition) is 3. The molecule has 19 heavy (non-hydrogen) atoms. The van der Waals surface area contributed by atoms with Crippen LogP contribution in [0.15, 0.2) is 30.3 Å². The Labute approximate surface area is 115 Å². The minimum Gasteiger partial charge on any atom is -0.368 e. The minimum atomic E-state index is -0.000321. The average Bonchev–Trinajstić information content (AvgIpc) is 2.48. The quantitative estimate of drug-likeness (QED) is 0.892. The second-order valence-corrected chi connectivity index (χ2v) is 5.08. The molecular formula is C15H23N3O. The third-order valence-electron chi connectivity index (χ3n) is 3.71. The smallest absolute Gasteiger partial charge is 0.224 e. The van der Waals surface area contributed by atoms with E-state index in [2.05, 4.69) is 17.0 Å². The molecule has 1 aromatic rings. The van der Waals surface area contributed by atoms with E-state index < -0.39 is 0 Å². The maximum absolute atomic E-state index is 12.0. The third-order valence-corrected chi connectivity index (χ3v) is 3.71. The third kappa shape index (κ3) is 3.70. The van der Waals surface area contributed by atoms with E-state index >= 15 is 0 Å². The lowest BCUT2D eigenvalue weighted by Crippen LogP contribution is -2.49. The molecule has 2 rings (SSSR count). The Morgan fingerprint density at radius 1 is 1.21 bits per heavy atom. The van der Waals surface area contributed by atoms with Gasteiger partial charge in [0.2, 0.25) is 5.91 Å². The number of anilines is 1. The van der Waals surface area contributed by atoms with Crippen LogP contribution < -0.4 is 10.6 Å². The molecule has 1 unspecified atom stereocenters. The highest BCUT2D eigenvalue weighted by Crippen LogP contribution is 2.16. The molecule has 0 radical (unpaired) electrons. The van der Waals surface area contributed by atoms with Crippen molar-refractivity contribution in [3.63, 3.8) is 0 Å². The highest BCUT2D eigenvalue weighted by molar-refractivity contribution is 5.77. The van der Waals surface area contributed by atoms with Crippen LogP contribution >= 0.6 is 0 Å². The van der Waals surface area contributed by atoms with Crippen molar-refractivity contribution >= 4 is 11.6 Å². The van der Waals surface area contributed by atoms with E-state index in [-0.39, 0.29) is 11.9 Å². The molecule has 1 heterocycles. The molecule has 104 valence electrons. The van der Waals surface area contributed by atoms with Crippen molar-refractivity contribution in [3.05, 3.63) is 30.3 Å². The highest BCUT2D eigenvalue weighted by atomic mass is 16.2. The van der Waals surface area contributed by atoms with Gasteiger partial charge in [-0.15, -0.1) is 0 Å². The van der Waals surface area contributed by atoms with E-state index in [1.54, 1.807) is 0 Å². The van der Waals surface area contributed by atoms with Crippen LogP contribution in [0.1, 0.15) is 19.8 Å². The topological polar surface area (TPSA) is 49.6 Å². The van der Waals surface area contributed by atoms with Gasteiger partial charge in [-0.3, -0.25) is 4.79 Å². The van der Waals surface area contributed by atoms with Crippen molar-refractivity contribution in [1.82, 2.24) is 4.90 Å². The molecule has 1 aromatic carbocycles. The molecule has 1 aliphatic heterocycles. The summed E-state index contributed by atoms with van der Waals surface area (Å²) in [5.41, 5.74) is 7.08. The molecule has 4 nitrogen and oxygen atoms in total. The van der Waals surface area contributed by atoms with Crippen LogP contribution in [0.5, 0.6) is 0 Å². The van der Waals surface area contributed by atoms with Gasteiger partial charge in [-0.05, 0) is 18.6 Å². The zero-order valence-electron chi connectivity index (χ0n) is 11.6. The lowest BCUT2D eigenvalue weighted by Gasteiger charge is -2.36. The normalized spacial score (nSPS) is 17.4. The zero-order valence-corrected chi connectivity index (χ0v) is 11.6. The van der Waals surface area contributed by atoms with E-state index in [0.29, 0.717) is 6.42 Å². The van der Waals surface area contributed by atoms with Crippen molar-refractivity contribution in [2.45, 2.75) is 25.8 Å². The van der Waals surface area contributed by atoms with Crippen LogP contribution in [0.3, 0.4) is 0 Å². The summed E-state index contributed by atoms with van der Waals surface area (Å²) in [6.45, 7) is 5.41. The summed E-state index contributed by atoms with van der Waals surface area (Å²) in [6.07, 6.45) is 1.33. The fraction of sp³-hybridized carbons (Fsp3) is 0.533. The van der Waals surface area contributed by atoms with Gasteiger partial charge >= 0.3 is 0 Å². The molecule has 2 N–H and O–H groups in total. The predicted octanol–water partition coefficient (Wildman–Crippen LogP) is 1.46. The molecule has 4 heteroatoms. The Balaban J connectivity index is 1.84. The van der Waals surface area contributed by atoms with Crippen LogP contribution in [0.25, 0.3) is 0 Å². The van der Waals surface area contributed by atoms with Gasteiger partial charge in [0.1, 0.15) is 0 Å². The number of para-hydroxylation sites is 1. The van der Waals surface area contributed by atoms with Crippen molar-refractivity contribution in [3.8, 4) is 0 Å². The summed E-state index contributed by atoms with van der Waals surface area (Å²) in [7, 11) is 0. The number of nitrogens with zero attached hydrogens (tertiary/aromatic N) is 2. The summed E-state index contributed by atoms with van der Waals surface area (Å²) in [4.78, 5) is 16.3. The second-order valence-electron chi connectivity index (χ2n) is 5.08. The maximum atomic E-state index is 12.0. The zero-order chi connectivity index (χ0) is 13.7. The van der Waals surface area contributed by atoms with E-state index in [9.17, 15) is 4.79 Å². The minimum absolute atomic E-state index is 0.000321. The first-order valence-electron chi connectivity index (χ1n) is 7.04. The Kier molecular flexibility index (Phi) is 4.80. The van der Waals surface area contributed by atoms with Crippen LogP contribution in [0.2, 0.25) is 0 Å². The van der Waals surface area contributed by atoms with Crippen molar-refractivity contribution in [1.29, 1.82) is 0 Å². The van der Waals surface area contributed by atoms with Gasteiger partial charge in [0.15, 0.2) is 0 Å². The number of carbonyl (C=O) groups excluding carboxylic acids is 1. The van der Waals surface area contributed by atoms with Gasteiger partial charge in [-0.2, -0.15) is 0 Å². The lowest BCUT2D eigenvalue weighted by atomic mass is 10.1. The number of rotatable bonds is 4. The van der Waals surface area contributed by atoms with Crippen LogP contribution in [-0.2, 0) is 4.79 Å². The summed E-state index contributed by atoms with van der Waals surface area (Å²) in [5.74, 6) is 0.196. The predicted molar refractivity (Wildman–Crippen MR) is 78.1 cm³/mol.